The van der Waals surface area contributed by atoms with Gasteiger partial charge in [-0.3, -0.25) is 4.90 Å². The van der Waals surface area contributed by atoms with Crippen LogP contribution in [0.5, 0.6) is 11.5 Å². The van der Waals surface area contributed by atoms with Crippen molar-refractivity contribution in [1.29, 1.82) is 0 Å². The summed E-state index contributed by atoms with van der Waals surface area (Å²) in [6, 6.07) is 13.0. The van der Waals surface area contributed by atoms with E-state index in [-0.39, 0.29) is 6.04 Å². The van der Waals surface area contributed by atoms with Crippen LogP contribution in [-0.4, -0.2) is 51.6 Å². The summed E-state index contributed by atoms with van der Waals surface area (Å²) in [6.07, 6.45) is 4.42. The van der Waals surface area contributed by atoms with E-state index in [4.69, 9.17) is 9.47 Å². The van der Waals surface area contributed by atoms with Crippen molar-refractivity contribution in [3.63, 3.8) is 0 Å². The number of rotatable bonds is 4. The molecule has 5 atom stereocenters. The Hall–Kier alpha value is -2.08. The SMILES string of the molecule is Cc1cc(OCc2ccccc2)c2c3c1C[C@H]1N(C4CC4)CC[C@@]34[C@@H](O2)C(O)CC[C@@]14O. The summed E-state index contributed by atoms with van der Waals surface area (Å²) in [7, 11) is 0. The molecule has 2 heterocycles. The highest BCUT2D eigenvalue weighted by molar-refractivity contribution is 5.65. The predicted octanol–water partition coefficient (Wildman–Crippen LogP) is 3.25. The molecule has 1 spiro atoms. The molecule has 5 nitrogen and oxygen atoms in total. The predicted molar refractivity (Wildman–Crippen MR) is 120 cm³/mol. The van der Waals surface area contributed by atoms with Crippen molar-refractivity contribution in [2.75, 3.05) is 6.54 Å². The molecule has 2 N–H and O–H groups in total. The van der Waals surface area contributed by atoms with Crippen molar-refractivity contribution in [2.24, 2.45) is 0 Å². The molecule has 0 amide bonds. The lowest BCUT2D eigenvalue weighted by atomic mass is 9.48. The fourth-order valence-electron chi connectivity index (χ4n) is 7.49. The highest BCUT2D eigenvalue weighted by atomic mass is 16.5. The highest BCUT2D eigenvalue weighted by Crippen LogP contribution is 2.66. The third-order valence-electron chi connectivity index (χ3n) is 9.06. The number of ether oxygens (including phenoxy) is 2. The number of piperidine rings is 1. The van der Waals surface area contributed by atoms with Crippen LogP contribution in [0, 0.1) is 6.92 Å². The molecule has 32 heavy (non-hydrogen) atoms. The minimum atomic E-state index is -0.861. The van der Waals surface area contributed by atoms with E-state index in [2.05, 4.69) is 30.0 Å². The molecular weight excluding hydrogens is 402 g/mol. The van der Waals surface area contributed by atoms with Crippen molar-refractivity contribution in [2.45, 2.75) is 87.4 Å². The quantitative estimate of drug-likeness (QED) is 0.775. The molecule has 3 fully saturated rings. The standard InChI is InChI=1S/C27H31NO4/c1-16-13-21(31-15-17-5-3-2-4-6-17)24-23-19(16)14-22-27(30)10-9-20(29)25(32-24)26(23,27)11-12-28(22)18-7-8-18/h2-6,13,18,20,22,25,29-30H,7-12,14-15H2,1H3/t20?,22-,25+,26+,27-/m1/s1. The lowest BCUT2D eigenvalue weighted by molar-refractivity contribution is -0.209. The van der Waals surface area contributed by atoms with Gasteiger partial charge in [0.05, 0.1) is 17.1 Å². The van der Waals surface area contributed by atoms with E-state index in [1.54, 1.807) is 0 Å². The van der Waals surface area contributed by atoms with Gasteiger partial charge in [-0.05, 0) is 74.8 Å². The van der Waals surface area contributed by atoms with Gasteiger partial charge in [0, 0.05) is 17.6 Å². The van der Waals surface area contributed by atoms with Crippen LogP contribution in [-0.2, 0) is 18.4 Å². The molecule has 2 saturated carbocycles. The minimum Gasteiger partial charge on any atom is -0.485 e. The van der Waals surface area contributed by atoms with Crippen molar-refractivity contribution in [3.05, 3.63) is 58.7 Å². The van der Waals surface area contributed by atoms with Crippen LogP contribution in [0.3, 0.4) is 0 Å². The van der Waals surface area contributed by atoms with E-state index in [9.17, 15) is 10.2 Å². The number of hydrogen-bond donors (Lipinski definition) is 2. The molecule has 1 saturated heterocycles. The molecule has 1 unspecified atom stereocenters. The Kier molecular flexibility index (Phi) is 3.94. The van der Waals surface area contributed by atoms with Crippen LogP contribution in [0.4, 0.5) is 0 Å². The molecular formula is C27H31NO4. The summed E-state index contributed by atoms with van der Waals surface area (Å²) in [5.74, 6) is 1.51. The van der Waals surface area contributed by atoms with Crippen molar-refractivity contribution >= 4 is 0 Å². The average molecular weight is 434 g/mol. The van der Waals surface area contributed by atoms with E-state index in [1.807, 2.05) is 18.2 Å². The Morgan fingerprint density at radius 3 is 2.75 bits per heavy atom. The summed E-state index contributed by atoms with van der Waals surface area (Å²) < 4.78 is 12.9. The van der Waals surface area contributed by atoms with Crippen LogP contribution >= 0.6 is 0 Å². The summed E-state index contributed by atoms with van der Waals surface area (Å²) in [6.45, 7) is 3.60. The van der Waals surface area contributed by atoms with E-state index < -0.39 is 23.2 Å². The van der Waals surface area contributed by atoms with Crippen molar-refractivity contribution < 1.29 is 19.7 Å². The molecule has 0 aromatic heterocycles. The molecule has 7 rings (SSSR count). The van der Waals surface area contributed by atoms with Gasteiger partial charge in [0.2, 0.25) is 0 Å². The summed E-state index contributed by atoms with van der Waals surface area (Å²) in [4.78, 5) is 2.58. The van der Waals surface area contributed by atoms with E-state index in [0.717, 1.165) is 42.0 Å². The number of likely N-dealkylation sites (tertiary alicyclic amines) is 1. The first-order chi connectivity index (χ1) is 15.5. The van der Waals surface area contributed by atoms with Gasteiger partial charge in [-0.1, -0.05) is 30.3 Å². The molecule has 3 aliphatic carbocycles. The Morgan fingerprint density at radius 1 is 1.16 bits per heavy atom. The lowest BCUT2D eigenvalue weighted by Crippen LogP contribution is -2.77. The van der Waals surface area contributed by atoms with E-state index in [1.165, 1.54) is 24.0 Å². The topological polar surface area (TPSA) is 62.2 Å². The second-order valence-electron chi connectivity index (χ2n) is 10.6. The zero-order chi connectivity index (χ0) is 21.7. The number of benzene rings is 2. The van der Waals surface area contributed by atoms with Crippen LogP contribution in [0.1, 0.15) is 54.4 Å². The zero-order valence-corrected chi connectivity index (χ0v) is 18.6. The van der Waals surface area contributed by atoms with Gasteiger partial charge in [-0.2, -0.15) is 0 Å². The molecule has 2 bridgehead atoms. The van der Waals surface area contributed by atoms with Gasteiger partial charge >= 0.3 is 0 Å². The molecule has 2 aliphatic heterocycles. The monoisotopic (exact) mass is 433 g/mol. The fraction of sp³-hybridized carbons (Fsp3) is 0.556. The number of aliphatic hydroxyl groups excluding tert-OH is 1. The average Bonchev–Trinajstić information content (AvgIpc) is 3.56. The Balaban J connectivity index is 1.37. The van der Waals surface area contributed by atoms with E-state index in [0.29, 0.717) is 25.5 Å². The Morgan fingerprint density at radius 2 is 1.97 bits per heavy atom. The molecule has 0 radical (unpaired) electrons. The second kappa shape index (κ2) is 6.49. The van der Waals surface area contributed by atoms with Crippen LogP contribution in [0.25, 0.3) is 0 Å². The van der Waals surface area contributed by atoms with E-state index >= 15 is 0 Å². The van der Waals surface area contributed by atoms with Crippen LogP contribution in [0.15, 0.2) is 36.4 Å². The summed E-state index contributed by atoms with van der Waals surface area (Å²) >= 11 is 0. The molecule has 2 aromatic carbocycles. The number of aryl methyl sites for hydroxylation is 1. The molecule has 2 aromatic rings. The smallest absolute Gasteiger partial charge is 0.166 e. The van der Waals surface area contributed by atoms with Gasteiger partial charge in [0.1, 0.15) is 12.7 Å². The first kappa shape index (κ1) is 19.4. The third kappa shape index (κ3) is 2.34. The fourth-order valence-corrected chi connectivity index (χ4v) is 7.49. The van der Waals surface area contributed by atoms with Gasteiger partial charge in [-0.25, -0.2) is 0 Å². The largest absolute Gasteiger partial charge is 0.485 e. The normalized spacial score (nSPS) is 37.0. The number of aliphatic hydroxyl groups is 2. The molecule has 168 valence electrons. The van der Waals surface area contributed by atoms with Gasteiger partial charge < -0.3 is 19.7 Å². The van der Waals surface area contributed by atoms with Crippen LogP contribution < -0.4 is 9.47 Å². The maximum Gasteiger partial charge on any atom is 0.166 e. The Bertz CT molecular complexity index is 1080. The van der Waals surface area contributed by atoms with Gasteiger partial charge in [0.25, 0.3) is 0 Å². The molecule has 5 aliphatic rings. The van der Waals surface area contributed by atoms with Crippen LogP contribution in [0.2, 0.25) is 0 Å². The lowest BCUT2D eigenvalue weighted by Gasteiger charge is -2.64. The highest BCUT2D eigenvalue weighted by Gasteiger charge is 2.73. The van der Waals surface area contributed by atoms with Crippen molar-refractivity contribution in [3.8, 4) is 11.5 Å². The Labute approximate surface area is 189 Å². The number of hydrogen-bond acceptors (Lipinski definition) is 5. The van der Waals surface area contributed by atoms with Gasteiger partial charge in [-0.15, -0.1) is 0 Å². The third-order valence-corrected chi connectivity index (χ3v) is 9.06. The minimum absolute atomic E-state index is 0.107. The van der Waals surface area contributed by atoms with Crippen molar-refractivity contribution in [1.82, 2.24) is 4.90 Å². The first-order valence-electron chi connectivity index (χ1n) is 12.2. The second-order valence-corrected chi connectivity index (χ2v) is 10.6. The number of nitrogens with zero attached hydrogens (tertiary/aromatic N) is 1. The first-order valence-corrected chi connectivity index (χ1v) is 12.2. The molecule has 5 heteroatoms. The maximum absolute atomic E-state index is 12.4. The summed E-state index contributed by atoms with van der Waals surface area (Å²) in [5, 5.41) is 23.5. The summed E-state index contributed by atoms with van der Waals surface area (Å²) in [5.41, 5.74) is 3.36. The maximum atomic E-state index is 12.4. The zero-order valence-electron chi connectivity index (χ0n) is 18.6. The van der Waals surface area contributed by atoms with Gasteiger partial charge in [0.15, 0.2) is 11.5 Å².